The highest BCUT2D eigenvalue weighted by Gasteiger charge is 2.27. The number of primary amides is 1. The molecule has 2 N–H and O–H groups in total. The second-order valence-corrected chi connectivity index (χ2v) is 6.32. The molecule has 1 aliphatic carbocycles. The Hall–Kier alpha value is -0.790. The molecule has 0 aliphatic heterocycles. The van der Waals surface area contributed by atoms with Crippen molar-refractivity contribution in [2.45, 2.75) is 60.8 Å². The lowest BCUT2D eigenvalue weighted by molar-refractivity contribution is -0.115. The number of hydrogen-bond donors (Lipinski definition) is 1. The normalized spacial score (nSPS) is 16.6. The molecule has 0 unspecified atom stereocenters. The van der Waals surface area contributed by atoms with E-state index in [0.717, 1.165) is 0 Å². The van der Waals surface area contributed by atoms with Crippen molar-refractivity contribution in [3.05, 3.63) is 12.7 Å². The first-order valence-corrected chi connectivity index (χ1v) is 5.90. The number of rotatable bonds is 1. The van der Waals surface area contributed by atoms with Crippen LogP contribution in [0.5, 0.6) is 0 Å². The highest BCUT2D eigenvalue weighted by Crippen LogP contribution is 2.40. The highest BCUT2D eigenvalue weighted by atomic mass is 16.1. The number of carbonyl (C=O) groups is 1. The van der Waals surface area contributed by atoms with Gasteiger partial charge in [0.05, 0.1) is 0 Å². The summed E-state index contributed by atoms with van der Waals surface area (Å²) in [7, 11) is 0. The van der Waals surface area contributed by atoms with Crippen LogP contribution < -0.4 is 5.73 Å². The van der Waals surface area contributed by atoms with Gasteiger partial charge in [0.1, 0.15) is 0 Å². The number of hydrogen-bond acceptors (Lipinski definition) is 1. The van der Waals surface area contributed by atoms with E-state index in [0.29, 0.717) is 10.8 Å². The van der Waals surface area contributed by atoms with Crippen LogP contribution in [-0.2, 0) is 4.79 Å². The lowest BCUT2D eigenvalue weighted by Gasteiger charge is -2.34. The van der Waals surface area contributed by atoms with Crippen LogP contribution >= 0.6 is 0 Å². The molecule has 96 valence electrons. The smallest absolute Gasteiger partial charge is 0.214 e. The van der Waals surface area contributed by atoms with Crippen LogP contribution in [0.4, 0.5) is 0 Å². The van der Waals surface area contributed by atoms with E-state index in [1.54, 1.807) is 0 Å². The summed E-state index contributed by atoms with van der Waals surface area (Å²) in [6.07, 6.45) is 6.20. The van der Waals surface area contributed by atoms with Crippen molar-refractivity contribution in [2.75, 3.05) is 0 Å². The molecule has 1 amide bonds. The summed E-state index contributed by atoms with van der Waals surface area (Å²) in [6.45, 7) is 16.1. The minimum Gasteiger partial charge on any atom is -0.370 e. The van der Waals surface area contributed by atoms with Gasteiger partial charge in [-0.25, -0.2) is 0 Å². The Labute approximate surface area is 101 Å². The van der Waals surface area contributed by atoms with Gasteiger partial charge >= 0.3 is 0 Å². The maximum absolute atomic E-state index is 9.22. The predicted octanol–water partition coefficient (Wildman–Crippen LogP) is 3.91. The first-order valence-electron chi connectivity index (χ1n) is 5.90. The minimum atomic E-state index is -0.333. The molecule has 16 heavy (non-hydrogen) atoms. The maximum Gasteiger partial charge on any atom is 0.214 e. The van der Waals surface area contributed by atoms with Gasteiger partial charge in [0.15, 0.2) is 0 Å². The van der Waals surface area contributed by atoms with Crippen molar-refractivity contribution >= 4 is 5.91 Å². The minimum absolute atomic E-state index is 0.333. The molecule has 0 radical (unpaired) electrons. The monoisotopic (exact) mass is 227 g/mol. The average Bonchev–Trinajstić information content (AvgIpc) is 1.96. The molecule has 0 spiro atoms. The Balaban J connectivity index is 0. The molecule has 0 aromatic heterocycles. The van der Waals surface area contributed by atoms with E-state index in [2.05, 4.69) is 53.0 Å². The molecular weight excluding hydrogens is 198 g/mol. The van der Waals surface area contributed by atoms with E-state index >= 15 is 0 Å². The third kappa shape index (κ3) is 18.9. The van der Waals surface area contributed by atoms with Crippen LogP contribution in [0.3, 0.4) is 0 Å². The van der Waals surface area contributed by atoms with Gasteiger partial charge < -0.3 is 5.73 Å². The van der Waals surface area contributed by atoms with Gasteiger partial charge in [-0.1, -0.05) is 47.1 Å². The summed E-state index contributed by atoms with van der Waals surface area (Å²) < 4.78 is 0. The van der Waals surface area contributed by atoms with Gasteiger partial charge in [0.2, 0.25) is 5.91 Å². The SMILES string of the molecule is C=CC1(C)CCC1.CC(C)(C)C.CC(N)=O. The first kappa shape index (κ1) is 17.6. The Kier molecular flexibility index (Phi) is 8.23. The van der Waals surface area contributed by atoms with E-state index in [4.69, 9.17) is 0 Å². The zero-order chi connectivity index (χ0) is 13.4. The molecule has 2 nitrogen and oxygen atoms in total. The molecule has 2 heteroatoms. The second-order valence-electron chi connectivity index (χ2n) is 6.32. The van der Waals surface area contributed by atoms with Gasteiger partial charge in [-0.15, -0.1) is 6.58 Å². The van der Waals surface area contributed by atoms with Crippen molar-refractivity contribution in [1.82, 2.24) is 0 Å². The number of allylic oxidation sites excluding steroid dienone is 1. The molecule has 1 saturated carbocycles. The topological polar surface area (TPSA) is 43.1 Å². The third-order valence-corrected chi connectivity index (χ3v) is 1.99. The summed E-state index contributed by atoms with van der Waals surface area (Å²) in [5, 5.41) is 0. The Morgan fingerprint density at radius 2 is 1.56 bits per heavy atom. The van der Waals surface area contributed by atoms with Crippen LogP contribution in [0.15, 0.2) is 12.7 Å². The third-order valence-electron chi connectivity index (χ3n) is 1.99. The fraction of sp³-hybridized carbons (Fsp3) is 0.786. The largest absolute Gasteiger partial charge is 0.370 e. The molecule has 0 aromatic carbocycles. The predicted molar refractivity (Wildman–Crippen MR) is 72.2 cm³/mol. The van der Waals surface area contributed by atoms with Crippen LogP contribution in [-0.4, -0.2) is 5.91 Å². The molecule has 0 atom stereocenters. The number of carbonyl (C=O) groups excluding carboxylic acids is 1. The zero-order valence-electron chi connectivity index (χ0n) is 11.9. The summed E-state index contributed by atoms with van der Waals surface area (Å²) in [4.78, 5) is 9.22. The molecule has 0 heterocycles. The maximum atomic E-state index is 9.22. The highest BCUT2D eigenvalue weighted by molar-refractivity contribution is 5.70. The van der Waals surface area contributed by atoms with Gasteiger partial charge in [-0.2, -0.15) is 0 Å². The van der Waals surface area contributed by atoms with E-state index in [1.807, 2.05) is 0 Å². The second kappa shape index (κ2) is 7.48. The molecule has 1 rings (SSSR count). The van der Waals surface area contributed by atoms with E-state index in [1.165, 1.54) is 26.2 Å². The van der Waals surface area contributed by atoms with Crippen molar-refractivity contribution in [3.8, 4) is 0 Å². The Bertz CT molecular complexity index is 199. The standard InChI is InChI=1S/C7H12.C5H12.C2H5NO/c1-3-7(2)5-4-6-7;1-5(2,3)4;1-2(3)4/h3H,1,4-6H2,2H3;1-4H3;1H3,(H2,3,4). The Morgan fingerprint density at radius 3 is 1.56 bits per heavy atom. The van der Waals surface area contributed by atoms with E-state index in [9.17, 15) is 4.79 Å². The summed E-state index contributed by atoms with van der Waals surface area (Å²) in [5.41, 5.74) is 5.50. The van der Waals surface area contributed by atoms with Crippen molar-refractivity contribution in [1.29, 1.82) is 0 Å². The van der Waals surface area contributed by atoms with Crippen molar-refractivity contribution < 1.29 is 4.79 Å². The van der Waals surface area contributed by atoms with Gasteiger partial charge in [0, 0.05) is 6.92 Å². The molecule has 0 aromatic rings. The van der Waals surface area contributed by atoms with Gasteiger partial charge in [0.25, 0.3) is 0 Å². The van der Waals surface area contributed by atoms with E-state index in [-0.39, 0.29) is 5.91 Å². The van der Waals surface area contributed by atoms with Crippen molar-refractivity contribution in [2.24, 2.45) is 16.6 Å². The lowest BCUT2D eigenvalue weighted by Crippen LogP contribution is -2.21. The quantitative estimate of drug-likeness (QED) is 0.678. The summed E-state index contributed by atoms with van der Waals surface area (Å²) >= 11 is 0. The van der Waals surface area contributed by atoms with Crippen LogP contribution in [0.25, 0.3) is 0 Å². The van der Waals surface area contributed by atoms with E-state index < -0.39 is 0 Å². The molecule has 0 saturated heterocycles. The first-order chi connectivity index (χ1) is 7.00. The van der Waals surface area contributed by atoms with Crippen molar-refractivity contribution in [3.63, 3.8) is 0 Å². The van der Waals surface area contributed by atoms with Gasteiger partial charge in [-0.3, -0.25) is 4.79 Å². The summed E-state index contributed by atoms with van der Waals surface area (Å²) in [5.74, 6) is -0.333. The number of nitrogens with two attached hydrogens (primary N) is 1. The number of amides is 1. The average molecular weight is 227 g/mol. The molecular formula is C14H29NO. The van der Waals surface area contributed by atoms with Gasteiger partial charge in [-0.05, 0) is 23.7 Å². The van der Waals surface area contributed by atoms with Crippen LogP contribution in [0.2, 0.25) is 0 Å². The Morgan fingerprint density at radius 1 is 1.31 bits per heavy atom. The van der Waals surface area contributed by atoms with Crippen LogP contribution in [0.1, 0.15) is 60.8 Å². The van der Waals surface area contributed by atoms with Crippen LogP contribution in [0, 0.1) is 10.8 Å². The zero-order valence-corrected chi connectivity index (χ0v) is 11.9. The lowest BCUT2D eigenvalue weighted by atomic mass is 9.71. The summed E-state index contributed by atoms with van der Waals surface area (Å²) in [6, 6.07) is 0. The molecule has 0 bridgehead atoms. The molecule has 1 fully saturated rings. The fourth-order valence-electron chi connectivity index (χ4n) is 0.939. The fourth-order valence-corrected chi connectivity index (χ4v) is 0.939. The molecule has 1 aliphatic rings.